The second-order valence-electron chi connectivity index (χ2n) is 9.05. The van der Waals surface area contributed by atoms with Gasteiger partial charge in [0.05, 0.1) is 30.6 Å². The van der Waals surface area contributed by atoms with E-state index in [0.29, 0.717) is 59.1 Å². The molecule has 0 saturated carbocycles. The predicted molar refractivity (Wildman–Crippen MR) is 150 cm³/mol. The highest BCUT2D eigenvalue weighted by Crippen LogP contribution is 2.28. The van der Waals surface area contributed by atoms with Crippen LogP contribution in [0.3, 0.4) is 0 Å². The van der Waals surface area contributed by atoms with Gasteiger partial charge in [0, 0.05) is 28.2 Å². The molecule has 2 aromatic heterocycles. The molecule has 0 aliphatic carbocycles. The van der Waals surface area contributed by atoms with Crippen molar-refractivity contribution >= 4 is 40.5 Å². The van der Waals surface area contributed by atoms with Gasteiger partial charge in [-0.05, 0) is 49.9 Å². The number of carboxylic acids is 1. The maximum Gasteiger partial charge on any atom is 0.308 e. The summed E-state index contributed by atoms with van der Waals surface area (Å²) in [5, 5.41) is 16.0. The summed E-state index contributed by atoms with van der Waals surface area (Å²) in [5.41, 5.74) is 2.99. The van der Waals surface area contributed by atoms with Crippen LogP contribution in [0.15, 0.2) is 54.6 Å². The first-order chi connectivity index (χ1) is 18.3. The normalized spacial score (nSPS) is 11.2. The van der Waals surface area contributed by atoms with E-state index >= 15 is 0 Å². The molecule has 4 rings (SSSR count). The number of ether oxygens (including phenoxy) is 2. The molecule has 0 amide bonds. The average molecular weight is 575 g/mol. The monoisotopic (exact) mass is 573 g/mol. The minimum atomic E-state index is -0.910. The number of aliphatic carboxylic acids is 1. The Kier molecular flexibility index (Phi) is 9.66. The van der Waals surface area contributed by atoms with Gasteiger partial charge in [0.25, 0.3) is 0 Å². The third-order valence-corrected chi connectivity index (χ3v) is 7.19. The molecular weight excluding hydrogens is 545 g/mol. The number of nitrogens with zero attached hydrogens (tertiary/aromatic N) is 3. The zero-order valence-electron chi connectivity index (χ0n) is 21.2. The summed E-state index contributed by atoms with van der Waals surface area (Å²) in [4.78, 5) is 16.6. The van der Waals surface area contributed by atoms with Gasteiger partial charge in [-0.3, -0.25) is 9.48 Å². The largest absolute Gasteiger partial charge is 0.481 e. The van der Waals surface area contributed by atoms with E-state index in [1.165, 1.54) is 11.3 Å². The Balaban J connectivity index is 1.42. The minimum Gasteiger partial charge on any atom is -0.481 e. The van der Waals surface area contributed by atoms with E-state index in [4.69, 9.17) is 32.7 Å². The van der Waals surface area contributed by atoms with Gasteiger partial charge in [0.2, 0.25) is 11.8 Å². The van der Waals surface area contributed by atoms with Crippen molar-refractivity contribution in [3.8, 4) is 11.8 Å². The number of aromatic nitrogens is 3. The van der Waals surface area contributed by atoms with Crippen molar-refractivity contribution in [2.45, 2.75) is 52.2 Å². The second kappa shape index (κ2) is 13.1. The molecule has 0 aliphatic heterocycles. The molecule has 0 atom stereocenters. The predicted octanol–water partition coefficient (Wildman–Crippen LogP) is 6.71. The molecular formula is C28H29Cl2N3O4S. The lowest BCUT2D eigenvalue weighted by molar-refractivity contribution is -0.136. The number of hydrogen-bond acceptors (Lipinski definition) is 6. The van der Waals surface area contributed by atoms with Crippen molar-refractivity contribution in [2.75, 3.05) is 6.61 Å². The van der Waals surface area contributed by atoms with E-state index in [1.54, 1.807) is 12.1 Å². The Bertz CT molecular complexity index is 1370. The number of halogens is 2. The van der Waals surface area contributed by atoms with Gasteiger partial charge in [0.1, 0.15) is 5.01 Å². The molecule has 0 fully saturated rings. The van der Waals surface area contributed by atoms with Gasteiger partial charge in [0.15, 0.2) is 0 Å². The Hall–Kier alpha value is -3.07. The topological polar surface area (TPSA) is 86.5 Å². The molecule has 0 unspecified atom stereocenters. The number of benzene rings is 2. The molecule has 2 aromatic carbocycles. The summed E-state index contributed by atoms with van der Waals surface area (Å²) in [5.74, 6) is 0.0376. The van der Waals surface area contributed by atoms with Crippen LogP contribution in [-0.2, 0) is 30.6 Å². The fraction of sp³-hybridized carbons (Fsp3) is 0.321. The van der Waals surface area contributed by atoms with Gasteiger partial charge >= 0.3 is 5.97 Å². The van der Waals surface area contributed by atoms with E-state index in [-0.39, 0.29) is 12.5 Å². The van der Waals surface area contributed by atoms with Crippen LogP contribution in [0.25, 0.3) is 0 Å². The van der Waals surface area contributed by atoms with Crippen molar-refractivity contribution < 1.29 is 19.4 Å². The fourth-order valence-corrected chi connectivity index (χ4v) is 5.40. The minimum absolute atomic E-state index is 0.00365. The molecule has 4 aromatic rings. The highest BCUT2D eigenvalue weighted by atomic mass is 35.5. The Morgan fingerprint density at radius 2 is 1.92 bits per heavy atom. The highest BCUT2D eigenvalue weighted by Gasteiger charge is 2.17. The molecule has 38 heavy (non-hydrogen) atoms. The molecule has 7 nitrogen and oxygen atoms in total. The summed E-state index contributed by atoms with van der Waals surface area (Å²) in [6.07, 6.45) is 1.86. The maximum absolute atomic E-state index is 11.4. The average Bonchev–Trinajstić information content (AvgIpc) is 3.40. The number of hydrogen-bond donors (Lipinski definition) is 1. The lowest BCUT2D eigenvalue weighted by Gasteiger charge is -2.10. The van der Waals surface area contributed by atoms with E-state index in [9.17, 15) is 9.90 Å². The lowest BCUT2D eigenvalue weighted by Crippen LogP contribution is -2.10. The summed E-state index contributed by atoms with van der Waals surface area (Å²) >= 11 is 13.8. The van der Waals surface area contributed by atoms with Crippen molar-refractivity contribution in [1.29, 1.82) is 0 Å². The van der Waals surface area contributed by atoms with Crippen LogP contribution in [0.4, 0.5) is 0 Å². The molecule has 0 spiro atoms. The van der Waals surface area contributed by atoms with Crippen LogP contribution in [0.5, 0.6) is 11.8 Å². The Morgan fingerprint density at radius 1 is 1.13 bits per heavy atom. The quantitative estimate of drug-likeness (QED) is 0.179. The summed E-state index contributed by atoms with van der Waals surface area (Å²) in [7, 11) is 0. The third-order valence-electron chi connectivity index (χ3n) is 5.56. The number of aryl methyl sites for hydroxylation is 1. The number of rotatable bonds is 13. The maximum atomic E-state index is 11.4. The second-order valence-corrected chi connectivity index (χ2v) is 11.1. The zero-order valence-corrected chi connectivity index (χ0v) is 23.5. The van der Waals surface area contributed by atoms with E-state index in [2.05, 4.69) is 10.1 Å². The van der Waals surface area contributed by atoms with Crippen LogP contribution < -0.4 is 9.47 Å². The highest BCUT2D eigenvalue weighted by molar-refractivity contribution is 7.12. The number of carboxylic acid groups (broad SMARTS) is 1. The van der Waals surface area contributed by atoms with Gasteiger partial charge in [-0.1, -0.05) is 59.6 Å². The molecule has 10 heteroatoms. The van der Waals surface area contributed by atoms with E-state index in [1.807, 2.05) is 61.0 Å². The van der Waals surface area contributed by atoms with E-state index in [0.717, 1.165) is 21.8 Å². The van der Waals surface area contributed by atoms with Crippen LogP contribution in [0.1, 0.15) is 47.0 Å². The lowest BCUT2D eigenvalue weighted by atomic mass is 10.2. The smallest absolute Gasteiger partial charge is 0.308 e. The first-order valence-electron chi connectivity index (χ1n) is 12.3. The SMILES string of the molecule is CC(C)Oc1cc(CCCOc2nc(Cc3ccccc3)sc2CC(=O)O)n(Cc2ccc(Cl)cc2Cl)n1. The van der Waals surface area contributed by atoms with Gasteiger partial charge in [-0.2, -0.15) is 0 Å². The van der Waals surface area contributed by atoms with Crippen molar-refractivity contribution in [2.24, 2.45) is 0 Å². The Labute approximate surface area is 236 Å². The van der Waals surface area contributed by atoms with Crippen LogP contribution in [-0.4, -0.2) is 38.6 Å². The fourth-order valence-electron chi connectivity index (χ4n) is 3.89. The van der Waals surface area contributed by atoms with Crippen molar-refractivity contribution in [3.05, 3.63) is 91.3 Å². The van der Waals surface area contributed by atoms with Gasteiger partial charge in [-0.25, -0.2) is 4.98 Å². The third kappa shape index (κ3) is 7.96. The molecule has 0 radical (unpaired) electrons. The van der Waals surface area contributed by atoms with E-state index < -0.39 is 5.97 Å². The van der Waals surface area contributed by atoms with Crippen molar-refractivity contribution in [3.63, 3.8) is 0 Å². The summed E-state index contributed by atoms with van der Waals surface area (Å²) in [6.45, 7) is 4.77. The first-order valence-corrected chi connectivity index (χ1v) is 13.9. The zero-order chi connectivity index (χ0) is 27.1. The molecule has 0 aliphatic rings. The standard InChI is InChI=1S/C28H29Cl2N3O4S/c1-18(2)37-25-15-22(33(32-25)17-20-10-11-21(29)14-23(20)30)9-6-12-36-28-24(16-27(34)35)38-26(31-28)13-19-7-4-3-5-8-19/h3-5,7-8,10-11,14-15,18H,6,9,12-13,16-17H2,1-2H3,(H,34,35). The first kappa shape index (κ1) is 28.0. The molecule has 0 bridgehead atoms. The van der Waals surface area contributed by atoms with Crippen LogP contribution in [0.2, 0.25) is 10.0 Å². The molecule has 2 heterocycles. The molecule has 0 saturated heterocycles. The van der Waals surface area contributed by atoms with Gasteiger partial charge in [-0.15, -0.1) is 16.4 Å². The molecule has 1 N–H and O–H groups in total. The summed E-state index contributed by atoms with van der Waals surface area (Å²) in [6, 6.07) is 17.3. The summed E-state index contributed by atoms with van der Waals surface area (Å²) < 4.78 is 13.7. The Morgan fingerprint density at radius 3 is 2.63 bits per heavy atom. The van der Waals surface area contributed by atoms with Crippen LogP contribution >= 0.6 is 34.5 Å². The molecule has 200 valence electrons. The van der Waals surface area contributed by atoms with Gasteiger partial charge < -0.3 is 14.6 Å². The van der Waals surface area contributed by atoms with Crippen LogP contribution in [0, 0.1) is 0 Å². The number of thiazole rings is 1. The van der Waals surface area contributed by atoms with Crippen molar-refractivity contribution in [1.82, 2.24) is 14.8 Å². The number of carbonyl (C=O) groups is 1.